The number of rotatable bonds is 1. The van der Waals surface area contributed by atoms with Gasteiger partial charge in [-0.2, -0.15) is 0 Å². The van der Waals surface area contributed by atoms with E-state index < -0.39 is 0 Å². The van der Waals surface area contributed by atoms with Crippen molar-refractivity contribution in [3.05, 3.63) is 42.1 Å². The first kappa shape index (κ1) is 9.96. The van der Waals surface area contributed by atoms with Crippen LogP contribution in [0.2, 0.25) is 0 Å². The highest BCUT2D eigenvalue weighted by Gasteiger charge is 2.17. The first-order valence-corrected chi connectivity index (χ1v) is 5.54. The number of aryl methyl sites for hydroxylation is 1. The topological polar surface area (TPSA) is 54.9 Å². The molecule has 1 N–H and O–H groups in total. The zero-order valence-electron chi connectivity index (χ0n) is 9.18. The Morgan fingerprint density at radius 1 is 1.12 bits per heavy atom. The lowest BCUT2D eigenvalue weighted by molar-refractivity contribution is -0.116. The van der Waals surface area contributed by atoms with E-state index >= 15 is 0 Å². The number of amides is 1. The van der Waals surface area contributed by atoms with Crippen LogP contribution < -0.4 is 5.32 Å². The summed E-state index contributed by atoms with van der Waals surface area (Å²) in [6.45, 7) is 0. The zero-order chi connectivity index (χ0) is 11.7. The Labute approximate surface area is 98.7 Å². The molecule has 2 heterocycles. The summed E-state index contributed by atoms with van der Waals surface area (Å²) < 4.78 is 0. The number of hydrogen-bond acceptors (Lipinski definition) is 3. The van der Waals surface area contributed by atoms with Gasteiger partial charge in [-0.1, -0.05) is 30.3 Å². The molecule has 0 aliphatic carbocycles. The fourth-order valence-electron chi connectivity index (χ4n) is 1.87. The summed E-state index contributed by atoms with van der Waals surface area (Å²) in [5, 5.41) is 2.78. The number of aromatic nitrogens is 2. The van der Waals surface area contributed by atoms with Crippen molar-refractivity contribution in [3.8, 4) is 11.4 Å². The molecule has 1 aromatic carbocycles. The van der Waals surface area contributed by atoms with E-state index in [4.69, 9.17) is 0 Å². The lowest BCUT2D eigenvalue weighted by atomic mass is 10.1. The van der Waals surface area contributed by atoms with Gasteiger partial charge in [-0.25, -0.2) is 9.97 Å². The minimum absolute atomic E-state index is 0.0233. The predicted octanol–water partition coefficient (Wildman–Crippen LogP) is 2.03. The van der Waals surface area contributed by atoms with Gasteiger partial charge >= 0.3 is 0 Å². The Bertz CT molecular complexity index is 566. The number of nitrogens with zero attached hydrogens (tertiary/aromatic N) is 2. The van der Waals surface area contributed by atoms with Crippen LogP contribution in [0.25, 0.3) is 11.4 Å². The molecule has 0 saturated carbocycles. The second-order valence-corrected chi connectivity index (χ2v) is 3.98. The normalized spacial score (nSPS) is 14.0. The summed E-state index contributed by atoms with van der Waals surface area (Å²) >= 11 is 0. The van der Waals surface area contributed by atoms with Gasteiger partial charge in [0, 0.05) is 23.7 Å². The molecule has 0 fully saturated rings. The quantitative estimate of drug-likeness (QED) is 0.807. The van der Waals surface area contributed by atoms with Crippen LogP contribution in [-0.2, 0) is 11.2 Å². The van der Waals surface area contributed by atoms with Gasteiger partial charge in [-0.3, -0.25) is 4.79 Å². The number of carbonyl (C=O) groups excluding carboxylic acids is 1. The van der Waals surface area contributed by atoms with E-state index in [0.717, 1.165) is 17.5 Å². The van der Waals surface area contributed by atoms with E-state index in [-0.39, 0.29) is 5.91 Å². The third-order valence-electron chi connectivity index (χ3n) is 2.78. The first-order valence-electron chi connectivity index (χ1n) is 5.54. The largest absolute Gasteiger partial charge is 0.310 e. The highest BCUT2D eigenvalue weighted by molar-refractivity contribution is 5.92. The molecular formula is C13H11N3O. The molecular weight excluding hydrogens is 214 g/mol. The van der Waals surface area contributed by atoms with Crippen molar-refractivity contribution in [2.45, 2.75) is 12.8 Å². The molecule has 1 aromatic heterocycles. The minimum atomic E-state index is 0.0233. The zero-order valence-corrected chi connectivity index (χ0v) is 9.18. The van der Waals surface area contributed by atoms with Gasteiger partial charge in [0.25, 0.3) is 0 Å². The van der Waals surface area contributed by atoms with E-state index in [0.29, 0.717) is 18.1 Å². The van der Waals surface area contributed by atoms with Gasteiger partial charge in [-0.05, 0) is 6.42 Å². The van der Waals surface area contributed by atoms with Crippen LogP contribution in [0.4, 0.5) is 5.82 Å². The van der Waals surface area contributed by atoms with Crippen molar-refractivity contribution in [1.29, 1.82) is 0 Å². The van der Waals surface area contributed by atoms with Crippen molar-refractivity contribution in [2.24, 2.45) is 0 Å². The summed E-state index contributed by atoms with van der Waals surface area (Å²) in [6.07, 6.45) is 3.03. The van der Waals surface area contributed by atoms with Crippen LogP contribution >= 0.6 is 0 Å². The maximum atomic E-state index is 11.3. The summed E-state index contributed by atoms with van der Waals surface area (Å²) in [5.74, 6) is 1.32. The van der Waals surface area contributed by atoms with Crippen LogP contribution in [0, 0.1) is 0 Å². The average Bonchev–Trinajstić information content (AvgIpc) is 2.39. The second-order valence-electron chi connectivity index (χ2n) is 3.98. The molecule has 0 radical (unpaired) electrons. The molecule has 17 heavy (non-hydrogen) atoms. The van der Waals surface area contributed by atoms with E-state index in [9.17, 15) is 4.79 Å². The van der Waals surface area contributed by atoms with Crippen molar-refractivity contribution >= 4 is 11.7 Å². The van der Waals surface area contributed by atoms with Gasteiger partial charge in [0.2, 0.25) is 5.91 Å². The fraction of sp³-hybridized carbons (Fsp3) is 0.154. The maximum absolute atomic E-state index is 11.3. The lowest BCUT2D eigenvalue weighted by Crippen LogP contribution is -2.20. The summed E-state index contributed by atoms with van der Waals surface area (Å²) in [4.78, 5) is 20.0. The maximum Gasteiger partial charge on any atom is 0.225 e. The molecule has 0 bridgehead atoms. The van der Waals surface area contributed by atoms with Crippen LogP contribution in [0.15, 0.2) is 36.5 Å². The molecule has 0 unspecified atom stereocenters. The second kappa shape index (κ2) is 3.97. The third-order valence-corrected chi connectivity index (χ3v) is 2.78. The van der Waals surface area contributed by atoms with Crippen molar-refractivity contribution in [3.63, 3.8) is 0 Å². The van der Waals surface area contributed by atoms with Gasteiger partial charge in [0.15, 0.2) is 5.82 Å². The number of carbonyl (C=O) groups is 1. The molecule has 0 atom stereocenters. The SMILES string of the molecule is O=C1CCc2cnc(-c3ccccc3)nc2N1. The Hall–Kier alpha value is -2.23. The number of anilines is 1. The Balaban J connectivity index is 2.04. The molecule has 3 rings (SSSR count). The Morgan fingerprint density at radius 3 is 2.76 bits per heavy atom. The van der Waals surface area contributed by atoms with E-state index in [1.165, 1.54) is 0 Å². The van der Waals surface area contributed by atoms with Crippen molar-refractivity contribution in [1.82, 2.24) is 9.97 Å². The highest BCUT2D eigenvalue weighted by Crippen LogP contribution is 2.22. The van der Waals surface area contributed by atoms with Crippen LogP contribution in [-0.4, -0.2) is 15.9 Å². The average molecular weight is 225 g/mol. The number of benzene rings is 1. The van der Waals surface area contributed by atoms with E-state index in [2.05, 4.69) is 15.3 Å². The molecule has 84 valence electrons. The number of hydrogen-bond donors (Lipinski definition) is 1. The Morgan fingerprint density at radius 2 is 1.94 bits per heavy atom. The minimum Gasteiger partial charge on any atom is -0.310 e. The molecule has 0 saturated heterocycles. The van der Waals surface area contributed by atoms with Crippen molar-refractivity contribution < 1.29 is 4.79 Å². The molecule has 4 nitrogen and oxygen atoms in total. The summed E-state index contributed by atoms with van der Waals surface area (Å²) in [5.41, 5.74) is 1.96. The van der Waals surface area contributed by atoms with Crippen LogP contribution in [0.1, 0.15) is 12.0 Å². The summed E-state index contributed by atoms with van der Waals surface area (Å²) in [7, 11) is 0. The highest BCUT2D eigenvalue weighted by atomic mass is 16.1. The molecule has 1 aliphatic heterocycles. The van der Waals surface area contributed by atoms with E-state index in [1.54, 1.807) is 6.20 Å². The van der Waals surface area contributed by atoms with Crippen molar-refractivity contribution in [2.75, 3.05) is 5.32 Å². The smallest absolute Gasteiger partial charge is 0.225 e. The molecule has 1 aliphatic rings. The predicted molar refractivity (Wildman–Crippen MR) is 64.4 cm³/mol. The van der Waals surface area contributed by atoms with Gasteiger partial charge < -0.3 is 5.32 Å². The van der Waals surface area contributed by atoms with Gasteiger partial charge in [0.1, 0.15) is 5.82 Å². The monoisotopic (exact) mass is 225 g/mol. The third kappa shape index (κ3) is 1.89. The van der Waals surface area contributed by atoms with Crippen LogP contribution in [0.3, 0.4) is 0 Å². The molecule has 0 spiro atoms. The molecule has 1 amide bonds. The first-order chi connectivity index (χ1) is 8.33. The summed E-state index contributed by atoms with van der Waals surface area (Å²) in [6, 6.07) is 9.73. The molecule has 2 aromatic rings. The van der Waals surface area contributed by atoms with E-state index in [1.807, 2.05) is 30.3 Å². The van der Waals surface area contributed by atoms with Crippen LogP contribution in [0.5, 0.6) is 0 Å². The van der Waals surface area contributed by atoms with Gasteiger partial charge in [0.05, 0.1) is 0 Å². The fourth-order valence-corrected chi connectivity index (χ4v) is 1.87. The molecule has 4 heteroatoms. The standard InChI is InChI=1S/C13H11N3O/c17-11-7-6-10-8-14-12(16-13(10)15-11)9-4-2-1-3-5-9/h1-5,8H,6-7H2,(H,14,15,16,17). The number of fused-ring (bicyclic) bond motifs is 1. The van der Waals surface area contributed by atoms with Gasteiger partial charge in [-0.15, -0.1) is 0 Å². The number of nitrogens with one attached hydrogen (secondary N) is 1. The lowest BCUT2D eigenvalue weighted by Gasteiger charge is -2.15. The Kier molecular flexibility index (Phi) is 2.33.